The van der Waals surface area contributed by atoms with Crippen LogP contribution < -0.4 is 9.73 Å². The fourth-order valence-corrected chi connectivity index (χ4v) is 6.18. The van der Waals surface area contributed by atoms with Crippen LogP contribution in [-0.2, 0) is 14.8 Å². The normalized spacial score (nSPS) is 11.8. The van der Waals surface area contributed by atoms with Crippen LogP contribution in [-0.4, -0.2) is 31.7 Å². The molecule has 4 rings (SSSR count). The molecule has 1 N–H and O–H groups in total. The summed E-state index contributed by atoms with van der Waals surface area (Å²) < 4.78 is 30.1. The van der Waals surface area contributed by atoms with Crippen molar-refractivity contribution >= 4 is 51.0 Å². The van der Waals surface area contributed by atoms with Crippen molar-refractivity contribution in [3.8, 4) is 5.69 Å². The number of carbonyl (C=O) groups is 1. The molecule has 10 heteroatoms. The Labute approximate surface area is 245 Å². The van der Waals surface area contributed by atoms with Crippen molar-refractivity contribution in [1.82, 2.24) is 9.99 Å². The highest BCUT2D eigenvalue weighted by Gasteiger charge is 2.27. The number of hydrogen-bond donors (Lipinski definition) is 1. The first-order valence-electron chi connectivity index (χ1n) is 12.6. The highest BCUT2D eigenvalue weighted by Crippen LogP contribution is 2.31. The van der Waals surface area contributed by atoms with Crippen LogP contribution in [0.15, 0.2) is 88.9 Å². The maximum absolute atomic E-state index is 13.5. The van der Waals surface area contributed by atoms with Crippen LogP contribution in [0.2, 0.25) is 10.0 Å². The second-order valence-corrected chi connectivity index (χ2v) is 12.2. The minimum Gasteiger partial charge on any atom is -0.316 e. The van der Waals surface area contributed by atoms with Crippen molar-refractivity contribution in [2.24, 2.45) is 5.10 Å². The molecule has 0 atom stereocenters. The lowest BCUT2D eigenvalue weighted by molar-refractivity contribution is -0.119. The Hall–Kier alpha value is -3.59. The molecule has 0 aliphatic carbocycles. The number of amides is 1. The van der Waals surface area contributed by atoms with E-state index in [9.17, 15) is 13.2 Å². The van der Waals surface area contributed by atoms with E-state index in [-0.39, 0.29) is 10.8 Å². The summed E-state index contributed by atoms with van der Waals surface area (Å²) in [6.07, 6.45) is 1.52. The summed E-state index contributed by atoms with van der Waals surface area (Å²) in [7, 11) is -4.01. The molecule has 0 unspecified atom stereocenters. The summed E-state index contributed by atoms with van der Waals surface area (Å²) in [6, 6.07) is 22.5. The topological polar surface area (TPSA) is 83.8 Å². The lowest BCUT2D eigenvalue weighted by atomic mass is 10.0. The van der Waals surface area contributed by atoms with Crippen molar-refractivity contribution in [2.75, 3.05) is 10.8 Å². The van der Waals surface area contributed by atoms with Gasteiger partial charge in [0.1, 0.15) is 6.54 Å². The predicted octanol–water partition coefficient (Wildman–Crippen LogP) is 6.87. The monoisotopic (exact) mass is 596 g/mol. The van der Waals surface area contributed by atoms with Gasteiger partial charge in [0.05, 0.1) is 32.5 Å². The Morgan fingerprint density at radius 1 is 1.00 bits per heavy atom. The Bertz CT molecular complexity index is 1650. The Morgan fingerprint density at radius 3 is 2.33 bits per heavy atom. The molecule has 3 aromatic carbocycles. The first kappa shape index (κ1) is 29.4. The smallest absolute Gasteiger partial charge is 0.264 e. The van der Waals surface area contributed by atoms with Gasteiger partial charge in [0.25, 0.3) is 15.9 Å². The average Bonchev–Trinajstić information content (AvgIpc) is 3.21. The van der Waals surface area contributed by atoms with Crippen LogP contribution in [0.3, 0.4) is 0 Å². The molecule has 0 spiro atoms. The van der Waals surface area contributed by atoms with Gasteiger partial charge in [-0.2, -0.15) is 5.10 Å². The summed E-state index contributed by atoms with van der Waals surface area (Å²) >= 11 is 12.6. The number of hydrazone groups is 1. The number of halogens is 2. The van der Waals surface area contributed by atoms with Crippen LogP contribution >= 0.6 is 23.2 Å². The number of nitrogens with zero attached hydrogens (tertiary/aromatic N) is 3. The average molecular weight is 598 g/mol. The van der Waals surface area contributed by atoms with Gasteiger partial charge in [-0.25, -0.2) is 13.8 Å². The minimum absolute atomic E-state index is 0.0892. The molecular formula is C30H30Cl2N4O3S. The second-order valence-electron chi connectivity index (χ2n) is 9.60. The summed E-state index contributed by atoms with van der Waals surface area (Å²) in [4.78, 5) is 13.1. The van der Waals surface area contributed by atoms with Gasteiger partial charge in [-0.15, -0.1) is 0 Å². The summed E-state index contributed by atoms with van der Waals surface area (Å²) in [6.45, 7) is 7.49. The third-order valence-corrected chi connectivity index (χ3v) is 9.10. The summed E-state index contributed by atoms with van der Waals surface area (Å²) in [5, 5.41) is 4.99. The fraction of sp³-hybridized carbons (Fsp3) is 0.200. The Balaban J connectivity index is 1.57. The summed E-state index contributed by atoms with van der Waals surface area (Å²) in [5.41, 5.74) is 7.15. The highest BCUT2D eigenvalue weighted by atomic mass is 35.5. The number of sulfonamides is 1. The van der Waals surface area contributed by atoms with E-state index in [1.807, 2.05) is 48.7 Å². The number of aryl methyl sites for hydroxylation is 1. The fourth-order valence-electron chi connectivity index (χ4n) is 4.35. The zero-order valence-electron chi connectivity index (χ0n) is 22.6. The second kappa shape index (κ2) is 12.3. The van der Waals surface area contributed by atoms with Gasteiger partial charge in [-0.05, 0) is 67.8 Å². The molecular weight excluding hydrogens is 567 g/mol. The molecule has 208 valence electrons. The van der Waals surface area contributed by atoms with Gasteiger partial charge < -0.3 is 4.57 Å². The van der Waals surface area contributed by atoms with Gasteiger partial charge in [0.15, 0.2) is 0 Å². The molecule has 0 fully saturated rings. The maximum Gasteiger partial charge on any atom is 0.264 e. The zero-order chi connectivity index (χ0) is 29.0. The van der Waals surface area contributed by atoms with Crippen LogP contribution in [0, 0.1) is 13.8 Å². The standard InChI is InChI=1S/C30H30Cl2N4O3S/c1-20(2)23-13-15-25(16-14-23)35(40(38,39)26-9-6-5-7-10-26)19-29(37)34-33-18-24-17-21(3)36(22(24)4)28-12-8-11-27(31)30(28)32/h5-18,20H,19H2,1-4H3,(H,34,37)/b33-18+. The SMILES string of the molecule is Cc1cc(/C=N/NC(=O)CN(c2ccc(C(C)C)cc2)S(=O)(=O)c2ccccc2)c(C)n1-c1cccc(Cl)c1Cl. The highest BCUT2D eigenvalue weighted by molar-refractivity contribution is 7.92. The number of aromatic nitrogens is 1. The van der Waals surface area contributed by atoms with Crippen molar-refractivity contribution in [3.05, 3.63) is 111 Å². The molecule has 1 heterocycles. The quantitative estimate of drug-likeness (QED) is 0.169. The van der Waals surface area contributed by atoms with E-state index < -0.39 is 22.5 Å². The van der Waals surface area contributed by atoms with Gasteiger partial charge in [0, 0.05) is 17.0 Å². The number of nitrogens with one attached hydrogen (secondary N) is 1. The van der Waals surface area contributed by atoms with Gasteiger partial charge in [-0.3, -0.25) is 9.10 Å². The van der Waals surface area contributed by atoms with Crippen molar-refractivity contribution in [1.29, 1.82) is 0 Å². The number of carbonyl (C=O) groups excluding carboxylic acids is 1. The minimum atomic E-state index is -4.01. The van der Waals surface area contributed by atoms with Crippen molar-refractivity contribution < 1.29 is 13.2 Å². The van der Waals surface area contributed by atoms with Gasteiger partial charge in [0.2, 0.25) is 0 Å². The third kappa shape index (κ3) is 6.25. The van der Waals surface area contributed by atoms with E-state index in [1.165, 1.54) is 18.3 Å². The Kier molecular flexibility index (Phi) is 9.03. The van der Waals surface area contributed by atoms with E-state index in [4.69, 9.17) is 23.2 Å². The van der Waals surface area contributed by atoms with Crippen LogP contribution in [0.25, 0.3) is 5.69 Å². The molecule has 0 saturated carbocycles. The Morgan fingerprint density at radius 2 is 1.68 bits per heavy atom. The molecule has 0 bridgehead atoms. The van der Waals surface area contributed by atoms with E-state index in [0.717, 1.165) is 32.5 Å². The van der Waals surface area contributed by atoms with E-state index in [2.05, 4.69) is 24.4 Å². The molecule has 40 heavy (non-hydrogen) atoms. The number of hydrogen-bond acceptors (Lipinski definition) is 4. The first-order chi connectivity index (χ1) is 19.0. The van der Waals surface area contributed by atoms with Crippen LogP contribution in [0.1, 0.15) is 42.3 Å². The van der Waals surface area contributed by atoms with Crippen molar-refractivity contribution in [3.63, 3.8) is 0 Å². The molecule has 0 saturated heterocycles. The third-order valence-electron chi connectivity index (χ3n) is 6.50. The first-order valence-corrected chi connectivity index (χ1v) is 14.8. The van der Waals surface area contributed by atoms with Crippen molar-refractivity contribution in [2.45, 2.75) is 38.5 Å². The molecule has 0 radical (unpaired) electrons. The van der Waals surface area contributed by atoms with Crippen LogP contribution in [0.5, 0.6) is 0 Å². The lowest BCUT2D eigenvalue weighted by Gasteiger charge is -2.24. The largest absolute Gasteiger partial charge is 0.316 e. The zero-order valence-corrected chi connectivity index (χ0v) is 24.9. The van der Waals surface area contributed by atoms with E-state index in [1.54, 1.807) is 36.4 Å². The molecule has 1 aromatic heterocycles. The number of anilines is 1. The number of rotatable bonds is 9. The molecule has 1 amide bonds. The molecule has 0 aliphatic heterocycles. The summed E-state index contributed by atoms with van der Waals surface area (Å²) in [5.74, 6) is -0.307. The van der Waals surface area contributed by atoms with E-state index >= 15 is 0 Å². The van der Waals surface area contributed by atoms with Gasteiger partial charge in [-0.1, -0.05) is 73.4 Å². The lowest BCUT2D eigenvalue weighted by Crippen LogP contribution is -2.39. The molecule has 4 aromatic rings. The van der Waals surface area contributed by atoms with Gasteiger partial charge >= 0.3 is 0 Å². The predicted molar refractivity (Wildman–Crippen MR) is 163 cm³/mol. The van der Waals surface area contributed by atoms with E-state index in [0.29, 0.717) is 15.7 Å². The maximum atomic E-state index is 13.5. The van der Waals surface area contributed by atoms with Crippen LogP contribution in [0.4, 0.5) is 5.69 Å². The number of benzene rings is 3. The molecule has 7 nitrogen and oxygen atoms in total. The molecule has 0 aliphatic rings.